The van der Waals surface area contributed by atoms with E-state index in [1.807, 2.05) is 60.6 Å². The van der Waals surface area contributed by atoms with E-state index < -0.39 is 0 Å². The van der Waals surface area contributed by atoms with Gasteiger partial charge in [-0.2, -0.15) is 5.10 Å². The van der Waals surface area contributed by atoms with Gasteiger partial charge >= 0.3 is 0 Å². The number of methoxy groups -OCH3 is 2. The molecule has 0 atom stereocenters. The molecular weight excluding hydrogens is 252 g/mol. The minimum Gasteiger partial charge on any atom is -0.497 e. The van der Waals surface area contributed by atoms with Crippen LogP contribution in [0.25, 0.3) is 0 Å². The molecule has 0 unspecified atom stereocenters. The van der Waals surface area contributed by atoms with Crippen LogP contribution in [0.15, 0.2) is 53.6 Å². The number of hydrogen-bond donors (Lipinski definition) is 0. The molecule has 0 amide bonds. The largest absolute Gasteiger partial charge is 0.497 e. The molecular formula is C16H18N2O2. The van der Waals surface area contributed by atoms with Crippen molar-refractivity contribution in [1.82, 2.24) is 0 Å². The first-order valence-corrected chi connectivity index (χ1v) is 6.29. The SMILES string of the molecule is COc1cc(/C=N\N(C)c2ccccc2)cc(OC)c1. The summed E-state index contributed by atoms with van der Waals surface area (Å²) in [5.74, 6) is 1.49. The third kappa shape index (κ3) is 3.51. The Hall–Kier alpha value is -2.49. The van der Waals surface area contributed by atoms with Crippen molar-refractivity contribution in [2.24, 2.45) is 5.10 Å². The van der Waals surface area contributed by atoms with Crippen LogP contribution in [-0.4, -0.2) is 27.5 Å². The fourth-order valence-electron chi connectivity index (χ4n) is 1.77. The van der Waals surface area contributed by atoms with Crippen LogP contribution in [0.3, 0.4) is 0 Å². The molecule has 4 heteroatoms. The zero-order valence-electron chi connectivity index (χ0n) is 11.9. The Bertz CT molecular complexity index is 560. The second kappa shape index (κ2) is 6.61. The summed E-state index contributed by atoms with van der Waals surface area (Å²) in [5, 5.41) is 6.22. The molecule has 2 aromatic carbocycles. The highest BCUT2D eigenvalue weighted by Gasteiger charge is 2.01. The van der Waals surface area contributed by atoms with E-state index >= 15 is 0 Å². The van der Waals surface area contributed by atoms with E-state index in [2.05, 4.69) is 5.10 Å². The number of hydrazone groups is 1. The van der Waals surface area contributed by atoms with Crippen molar-refractivity contribution in [1.29, 1.82) is 0 Å². The van der Waals surface area contributed by atoms with Crippen molar-refractivity contribution in [3.05, 3.63) is 54.1 Å². The zero-order chi connectivity index (χ0) is 14.4. The number of benzene rings is 2. The minimum absolute atomic E-state index is 0.744. The molecule has 20 heavy (non-hydrogen) atoms. The normalized spacial score (nSPS) is 10.6. The van der Waals surface area contributed by atoms with E-state index in [0.717, 1.165) is 22.7 Å². The predicted octanol–water partition coefficient (Wildman–Crippen LogP) is 3.17. The van der Waals surface area contributed by atoms with Crippen molar-refractivity contribution in [2.45, 2.75) is 0 Å². The molecule has 2 aromatic rings. The van der Waals surface area contributed by atoms with E-state index in [-0.39, 0.29) is 0 Å². The van der Waals surface area contributed by atoms with Gasteiger partial charge in [-0.25, -0.2) is 0 Å². The molecule has 0 radical (unpaired) electrons. The first-order valence-electron chi connectivity index (χ1n) is 6.29. The summed E-state index contributed by atoms with van der Waals surface area (Å²) in [4.78, 5) is 0. The van der Waals surface area contributed by atoms with Crippen molar-refractivity contribution in [3.8, 4) is 11.5 Å². The quantitative estimate of drug-likeness (QED) is 0.618. The van der Waals surface area contributed by atoms with E-state index in [4.69, 9.17) is 9.47 Å². The average molecular weight is 270 g/mol. The van der Waals surface area contributed by atoms with Crippen molar-refractivity contribution < 1.29 is 9.47 Å². The molecule has 0 aliphatic rings. The third-order valence-corrected chi connectivity index (χ3v) is 2.88. The Labute approximate surface area is 119 Å². The predicted molar refractivity (Wildman–Crippen MR) is 82.0 cm³/mol. The average Bonchev–Trinajstić information content (AvgIpc) is 2.53. The zero-order valence-corrected chi connectivity index (χ0v) is 11.9. The van der Waals surface area contributed by atoms with Crippen LogP contribution >= 0.6 is 0 Å². The smallest absolute Gasteiger partial charge is 0.123 e. The standard InChI is InChI=1S/C16H18N2O2/c1-18(14-7-5-4-6-8-14)17-12-13-9-15(19-2)11-16(10-13)20-3/h4-12H,1-3H3/b17-12-. The summed E-state index contributed by atoms with van der Waals surface area (Å²) < 4.78 is 10.5. The number of ether oxygens (including phenoxy) is 2. The van der Waals surface area contributed by atoms with E-state index in [1.165, 1.54) is 0 Å². The lowest BCUT2D eigenvalue weighted by Crippen LogP contribution is -2.08. The molecule has 0 aromatic heterocycles. The Morgan fingerprint density at radius 3 is 2.10 bits per heavy atom. The van der Waals surface area contributed by atoms with Gasteiger partial charge in [-0.15, -0.1) is 0 Å². The molecule has 0 saturated carbocycles. The van der Waals surface area contributed by atoms with Crippen LogP contribution in [0.1, 0.15) is 5.56 Å². The fourth-order valence-corrected chi connectivity index (χ4v) is 1.77. The molecule has 0 saturated heterocycles. The maximum Gasteiger partial charge on any atom is 0.123 e. The molecule has 0 bridgehead atoms. The van der Waals surface area contributed by atoms with Gasteiger partial charge in [0.1, 0.15) is 11.5 Å². The minimum atomic E-state index is 0.744. The summed E-state index contributed by atoms with van der Waals surface area (Å²) >= 11 is 0. The highest BCUT2D eigenvalue weighted by atomic mass is 16.5. The first-order chi connectivity index (χ1) is 9.72. The third-order valence-electron chi connectivity index (χ3n) is 2.88. The number of para-hydroxylation sites is 1. The number of hydrogen-bond acceptors (Lipinski definition) is 4. The van der Waals surface area contributed by atoms with Gasteiger partial charge in [0, 0.05) is 18.7 Å². The van der Waals surface area contributed by atoms with E-state index in [1.54, 1.807) is 20.4 Å². The van der Waals surface area contributed by atoms with E-state index in [9.17, 15) is 0 Å². The lowest BCUT2D eigenvalue weighted by Gasteiger charge is -2.12. The van der Waals surface area contributed by atoms with E-state index in [0.29, 0.717) is 0 Å². The topological polar surface area (TPSA) is 34.1 Å². The molecule has 0 aliphatic carbocycles. The molecule has 0 spiro atoms. The van der Waals surface area contributed by atoms with Crippen molar-refractivity contribution in [3.63, 3.8) is 0 Å². The van der Waals surface area contributed by atoms with Crippen LogP contribution in [0, 0.1) is 0 Å². The van der Waals surface area contributed by atoms with Crippen molar-refractivity contribution in [2.75, 3.05) is 26.3 Å². The lowest BCUT2D eigenvalue weighted by molar-refractivity contribution is 0.394. The highest BCUT2D eigenvalue weighted by Crippen LogP contribution is 2.21. The van der Waals surface area contributed by atoms with Gasteiger partial charge in [-0.3, -0.25) is 5.01 Å². The number of nitrogens with zero attached hydrogens (tertiary/aromatic N) is 2. The van der Waals surface area contributed by atoms with Gasteiger partial charge in [-0.1, -0.05) is 18.2 Å². The highest BCUT2D eigenvalue weighted by molar-refractivity contribution is 5.81. The Balaban J connectivity index is 2.18. The maximum absolute atomic E-state index is 5.23. The summed E-state index contributed by atoms with van der Waals surface area (Å²) in [6.45, 7) is 0. The Morgan fingerprint density at radius 1 is 0.950 bits per heavy atom. The summed E-state index contributed by atoms with van der Waals surface area (Å²) in [6, 6.07) is 15.6. The van der Waals surface area contributed by atoms with Crippen LogP contribution in [0.2, 0.25) is 0 Å². The Morgan fingerprint density at radius 2 is 1.55 bits per heavy atom. The molecule has 4 nitrogen and oxygen atoms in total. The van der Waals surface area contributed by atoms with Gasteiger partial charge in [0.25, 0.3) is 0 Å². The fraction of sp³-hybridized carbons (Fsp3) is 0.188. The molecule has 104 valence electrons. The van der Waals surface area contributed by atoms with Crippen LogP contribution < -0.4 is 14.5 Å². The monoisotopic (exact) mass is 270 g/mol. The van der Waals surface area contributed by atoms with Crippen LogP contribution in [0.5, 0.6) is 11.5 Å². The van der Waals surface area contributed by atoms with Crippen LogP contribution in [0.4, 0.5) is 5.69 Å². The Kier molecular flexibility index (Phi) is 4.60. The summed E-state index contributed by atoms with van der Waals surface area (Å²) in [5.41, 5.74) is 1.95. The van der Waals surface area contributed by atoms with Gasteiger partial charge in [0.2, 0.25) is 0 Å². The van der Waals surface area contributed by atoms with Gasteiger partial charge in [0.15, 0.2) is 0 Å². The number of anilines is 1. The molecule has 0 heterocycles. The maximum atomic E-state index is 5.23. The molecule has 0 aliphatic heterocycles. The second-order valence-electron chi connectivity index (χ2n) is 4.25. The summed E-state index contributed by atoms with van der Waals surface area (Å²) in [6.07, 6.45) is 1.78. The lowest BCUT2D eigenvalue weighted by atomic mass is 10.2. The summed E-state index contributed by atoms with van der Waals surface area (Å²) in [7, 11) is 5.17. The second-order valence-corrected chi connectivity index (χ2v) is 4.25. The van der Waals surface area contributed by atoms with Crippen LogP contribution in [-0.2, 0) is 0 Å². The van der Waals surface area contributed by atoms with Gasteiger partial charge < -0.3 is 9.47 Å². The van der Waals surface area contributed by atoms with Crippen molar-refractivity contribution >= 4 is 11.9 Å². The first kappa shape index (κ1) is 13.9. The molecule has 0 fully saturated rings. The van der Waals surface area contributed by atoms with Gasteiger partial charge in [-0.05, 0) is 24.3 Å². The molecule has 2 rings (SSSR count). The number of rotatable bonds is 5. The van der Waals surface area contributed by atoms with Gasteiger partial charge in [0.05, 0.1) is 26.1 Å². The molecule has 0 N–H and O–H groups in total.